The number of amides is 1. The molecule has 12 heteroatoms. The fourth-order valence-electron chi connectivity index (χ4n) is 6.54. The number of aromatic hydroxyl groups is 1. The van der Waals surface area contributed by atoms with Crippen LogP contribution in [0.2, 0.25) is 0 Å². The summed E-state index contributed by atoms with van der Waals surface area (Å²) in [5.74, 6) is -11.7. The molecule has 0 aromatic heterocycles. The summed E-state index contributed by atoms with van der Waals surface area (Å²) in [4.78, 5) is 81.8. The lowest BCUT2D eigenvalue weighted by Crippen LogP contribution is -2.74. The molecule has 1 amide bonds. The van der Waals surface area contributed by atoms with Gasteiger partial charge in [-0.25, -0.2) is 4.79 Å². The number of hydrogen-bond donors (Lipinski definition) is 3. The molecule has 3 aliphatic carbocycles. The Kier molecular flexibility index (Phi) is 8.30. The number of rotatable bonds is 8. The van der Waals surface area contributed by atoms with Gasteiger partial charge < -0.3 is 25.6 Å². The molecule has 1 aromatic rings. The average Bonchev–Trinajstić information content (AvgIpc) is 2.87. The molecule has 2 unspecified atom stereocenters. The van der Waals surface area contributed by atoms with Gasteiger partial charge in [0.1, 0.15) is 5.75 Å². The van der Waals surface area contributed by atoms with Gasteiger partial charge >= 0.3 is 5.97 Å². The maximum Gasteiger partial charge on any atom is 0.330 e. The second kappa shape index (κ2) is 11.3. The number of likely N-dealkylation sites (N-methyl/N-ethyl adjacent to an activating group) is 1. The molecule has 4 N–H and O–H groups in total. The highest BCUT2D eigenvalue weighted by molar-refractivity contribution is 6.32. The molecule has 12 nitrogen and oxygen atoms in total. The van der Waals surface area contributed by atoms with Gasteiger partial charge in [-0.05, 0) is 76.6 Å². The molecule has 1 aromatic carbocycles. The second-order valence-electron chi connectivity index (χ2n) is 11.5. The Bertz CT molecular complexity index is 1350. The quantitative estimate of drug-likeness (QED) is 0.157. The van der Waals surface area contributed by atoms with Crippen LogP contribution in [0.4, 0.5) is 0 Å². The predicted molar refractivity (Wildman–Crippen MR) is 145 cm³/mol. The minimum atomic E-state index is -2.78. The third-order valence-electron chi connectivity index (χ3n) is 8.37. The van der Waals surface area contributed by atoms with E-state index in [4.69, 9.17) is 10.5 Å². The number of nitrogens with zero attached hydrogens (tertiary/aromatic N) is 2. The first-order chi connectivity index (χ1) is 19.2. The van der Waals surface area contributed by atoms with Gasteiger partial charge in [0, 0.05) is 18.5 Å². The third-order valence-corrected chi connectivity index (χ3v) is 8.37. The maximum atomic E-state index is 13.8. The second-order valence-corrected chi connectivity index (χ2v) is 11.5. The number of ether oxygens (including phenoxy) is 1. The van der Waals surface area contributed by atoms with Gasteiger partial charge in [-0.2, -0.15) is 0 Å². The first-order valence-electron chi connectivity index (χ1n) is 13.4. The third kappa shape index (κ3) is 5.11. The highest BCUT2D eigenvalue weighted by atomic mass is 16.5. The van der Waals surface area contributed by atoms with E-state index in [1.807, 2.05) is 19.0 Å². The molecule has 220 valence electrons. The first kappa shape index (κ1) is 30.2. The van der Waals surface area contributed by atoms with Crippen molar-refractivity contribution in [2.24, 2.45) is 29.4 Å². The van der Waals surface area contributed by atoms with E-state index in [2.05, 4.69) is 0 Å². The number of nitrogens with two attached hydrogens (primary N) is 1. The van der Waals surface area contributed by atoms with Crippen LogP contribution in [0.25, 0.3) is 6.08 Å². The number of carbonyl (C=O) groups is 6. The molecule has 0 heterocycles. The number of fused-ring (bicyclic) bond motifs is 3. The van der Waals surface area contributed by atoms with E-state index in [1.54, 1.807) is 0 Å². The molecule has 0 spiro atoms. The Hall–Kier alpha value is -3.74. The van der Waals surface area contributed by atoms with Gasteiger partial charge in [-0.1, -0.05) is 6.07 Å². The van der Waals surface area contributed by atoms with Crippen molar-refractivity contribution in [1.29, 1.82) is 0 Å². The number of phenols is 1. The summed E-state index contributed by atoms with van der Waals surface area (Å²) >= 11 is 0. The zero-order chi connectivity index (χ0) is 30.4. The van der Waals surface area contributed by atoms with Crippen LogP contribution in [0.3, 0.4) is 0 Å². The van der Waals surface area contributed by atoms with Gasteiger partial charge in [-0.3, -0.25) is 28.9 Å². The number of hydrogen-bond acceptors (Lipinski definition) is 11. The standard InChI is InChI=1S/C29H35N3O9/c1-31(2)10-5-11-41-19(34)9-7-14-6-8-18(33)21-16(14)12-15-13-17-23(32(3)4)25(36)22(28(30)39)27(38)29(17,40)26(37)20(15)24(21)35/h6-9,15,17,20,22-23,33,40H,5,10-13H2,1-4H3,(H2,30,39)/b9-7+/t15-,17-,20?,22?,23-,29-/m1/s1. The lowest BCUT2D eigenvalue weighted by molar-refractivity contribution is -0.181. The molecule has 4 rings (SSSR count). The summed E-state index contributed by atoms with van der Waals surface area (Å²) in [6.07, 6.45) is 3.37. The summed E-state index contributed by atoms with van der Waals surface area (Å²) in [7, 11) is 6.86. The zero-order valence-corrected chi connectivity index (χ0v) is 23.5. The van der Waals surface area contributed by atoms with Gasteiger partial charge in [0.05, 0.1) is 24.1 Å². The summed E-state index contributed by atoms with van der Waals surface area (Å²) in [6.45, 7) is 0.974. The lowest BCUT2D eigenvalue weighted by atomic mass is 9.52. The van der Waals surface area contributed by atoms with Crippen molar-refractivity contribution in [3.05, 3.63) is 34.9 Å². The molecule has 0 bridgehead atoms. The number of Topliss-reactive ketones (excluding diaryl/α,β-unsaturated/α-hetero) is 4. The van der Waals surface area contributed by atoms with E-state index in [9.17, 15) is 39.0 Å². The van der Waals surface area contributed by atoms with E-state index in [0.717, 1.165) is 6.54 Å². The Morgan fingerprint density at radius 1 is 1.12 bits per heavy atom. The summed E-state index contributed by atoms with van der Waals surface area (Å²) in [5, 5.41) is 22.2. The zero-order valence-electron chi connectivity index (χ0n) is 23.5. The average molecular weight is 570 g/mol. The van der Waals surface area contributed by atoms with E-state index in [0.29, 0.717) is 17.5 Å². The molecule has 41 heavy (non-hydrogen) atoms. The molecular weight excluding hydrogens is 534 g/mol. The molecular formula is C29H35N3O9. The minimum absolute atomic E-state index is 0.0589. The van der Waals surface area contributed by atoms with Crippen LogP contribution in [0.15, 0.2) is 18.2 Å². The van der Waals surface area contributed by atoms with Gasteiger partial charge in [0.25, 0.3) is 0 Å². The SMILES string of the molecule is CN(C)CCCOC(=O)/C=C/c1ccc(O)c2c1C[C@@H]1C[C@@H]3[C@@H](N(C)C)C(=O)C(C(N)=O)C(=O)[C@]3(O)C(=O)C1C2=O. The first-order valence-corrected chi connectivity index (χ1v) is 13.4. The lowest BCUT2D eigenvalue weighted by Gasteiger charge is -2.52. The van der Waals surface area contributed by atoms with Crippen LogP contribution in [0.1, 0.15) is 34.3 Å². The molecule has 2 fully saturated rings. The fraction of sp³-hybridized carbons (Fsp3) is 0.517. The molecule has 3 aliphatic rings. The number of phenolic OH excluding ortho intramolecular Hbond substituents is 1. The predicted octanol–water partition coefficient (Wildman–Crippen LogP) is -0.625. The van der Waals surface area contributed by atoms with Crippen molar-refractivity contribution >= 4 is 41.1 Å². The minimum Gasteiger partial charge on any atom is -0.507 e. The largest absolute Gasteiger partial charge is 0.507 e. The Balaban J connectivity index is 1.69. The van der Waals surface area contributed by atoms with Crippen molar-refractivity contribution in [2.45, 2.75) is 30.9 Å². The fourth-order valence-corrected chi connectivity index (χ4v) is 6.54. The van der Waals surface area contributed by atoms with Crippen molar-refractivity contribution < 1.29 is 43.7 Å². The number of ketones is 4. The Morgan fingerprint density at radius 3 is 2.41 bits per heavy atom. The maximum absolute atomic E-state index is 13.8. The summed E-state index contributed by atoms with van der Waals surface area (Å²) in [6, 6.07) is 1.62. The summed E-state index contributed by atoms with van der Waals surface area (Å²) in [5.41, 5.74) is 3.26. The van der Waals surface area contributed by atoms with Crippen molar-refractivity contribution in [1.82, 2.24) is 9.80 Å². The molecule has 0 saturated heterocycles. The Labute approximate surface area is 237 Å². The van der Waals surface area contributed by atoms with Crippen LogP contribution in [-0.4, -0.2) is 108 Å². The number of aliphatic hydroxyl groups is 1. The monoisotopic (exact) mass is 569 g/mol. The topological polar surface area (TPSA) is 185 Å². The normalized spacial score (nSPS) is 29.5. The van der Waals surface area contributed by atoms with E-state index in [1.165, 1.54) is 43.3 Å². The Morgan fingerprint density at radius 2 is 1.80 bits per heavy atom. The van der Waals surface area contributed by atoms with Crippen molar-refractivity contribution in [3.8, 4) is 5.75 Å². The molecule has 0 aliphatic heterocycles. The van der Waals surface area contributed by atoms with Gasteiger partial charge in [-0.15, -0.1) is 0 Å². The van der Waals surface area contributed by atoms with Crippen LogP contribution < -0.4 is 5.73 Å². The van der Waals surface area contributed by atoms with E-state index >= 15 is 0 Å². The summed E-state index contributed by atoms with van der Waals surface area (Å²) < 4.78 is 5.21. The van der Waals surface area contributed by atoms with E-state index < -0.39 is 70.3 Å². The molecule has 0 radical (unpaired) electrons. The van der Waals surface area contributed by atoms with Crippen LogP contribution >= 0.6 is 0 Å². The number of primary amides is 1. The molecule has 2 saturated carbocycles. The van der Waals surface area contributed by atoms with Crippen LogP contribution in [0.5, 0.6) is 5.75 Å². The van der Waals surface area contributed by atoms with Crippen LogP contribution in [-0.2, 0) is 35.1 Å². The van der Waals surface area contributed by atoms with E-state index in [-0.39, 0.29) is 30.8 Å². The number of carbonyl (C=O) groups excluding carboxylic acids is 6. The number of esters is 1. The number of benzene rings is 1. The van der Waals surface area contributed by atoms with Crippen molar-refractivity contribution in [2.75, 3.05) is 41.3 Å². The smallest absolute Gasteiger partial charge is 0.330 e. The van der Waals surface area contributed by atoms with Crippen LogP contribution in [0, 0.1) is 23.7 Å². The van der Waals surface area contributed by atoms with Gasteiger partial charge in [0.2, 0.25) is 5.91 Å². The molecule has 6 atom stereocenters. The van der Waals surface area contributed by atoms with Crippen molar-refractivity contribution in [3.63, 3.8) is 0 Å². The highest BCUT2D eigenvalue weighted by Crippen LogP contribution is 2.51. The van der Waals surface area contributed by atoms with Gasteiger partial charge in [0.15, 0.2) is 34.7 Å². The highest BCUT2D eigenvalue weighted by Gasteiger charge is 2.69.